The van der Waals surface area contributed by atoms with Crippen molar-refractivity contribution in [3.63, 3.8) is 0 Å². The standard InChI is InChI=1S/C22H24N4O.ClH/c1-14-10-11-17(23)12-19(14)22(27)25-21-15(2)13-24-26(21)20-9-5-7-16-6-3-4-8-18(16)20;/h3-4,6,8,10-13,20H,5,7,9,23H2,1-2H3,(H,25,27);1H. The molecule has 0 spiro atoms. The Balaban J connectivity index is 0.00000225. The number of nitrogens with one attached hydrogen (secondary N) is 1. The lowest BCUT2D eigenvalue weighted by molar-refractivity contribution is 0.102. The summed E-state index contributed by atoms with van der Waals surface area (Å²) in [4.78, 5) is 12.9. The van der Waals surface area contributed by atoms with Crippen molar-refractivity contribution in [3.05, 3.63) is 76.5 Å². The van der Waals surface area contributed by atoms with Gasteiger partial charge in [-0.1, -0.05) is 30.3 Å². The number of amides is 1. The first-order valence-corrected chi connectivity index (χ1v) is 9.34. The van der Waals surface area contributed by atoms with E-state index in [9.17, 15) is 4.79 Å². The van der Waals surface area contributed by atoms with Gasteiger partial charge < -0.3 is 11.1 Å². The topological polar surface area (TPSA) is 72.9 Å². The van der Waals surface area contributed by atoms with Crippen LogP contribution < -0.4 is 11.1 Å². The number of nitrogens with two attached hydrogens (primary N) is 1. The van der Waals surface area contributed by atoms with E-state index >= 15 is 0 Å². The zero-order chi connectivity index (χ0) is 19.0. The van der Waals surface area contributed by atoms with Crippen LogP contribution in [0.15, 0.2) is 48.7 Å². The van der Waals surface area contributed by atoms with Gasteiger partial charge in [-0.15, -0.1) is 12.4 Å². The Morgan fingerprint density at radius 3 is 2.79 bits per heavy atom. The molecule has 3 aromatic rings. The fraction of sp³-hybridized carbons (Fsp3) is 0.273. The van der Waals surface area contributed by atoms with E-state index in [4.69, 9.17) is 5.73 Å². The van der Waals surface area contributed by atoms with Gasteiger partial charge in [-0.3, -0.25) is 4.79 Å². The molecule has 1 heterocycles. The number of fused-ring (bicyclic) bond motifs is 1. The number of halogens is 1. The van der Waals surface area contributed by atoms with E-state index in [0.717, 1.165) is 36.2 Å². The van der Waals surface area contributed by atoms with Crippen LogP contribution in [0.3, 0.4) is 0 Å². The van der Waals surface area contributed by atoms with Gasteiger partial charge in [-0.2, -0.15) is 5.10 Å². The Morgan fingerprint density at radius 1 is 1.18 bits per heavy atom. The molecule has 6 heteroatoms. The summed E-state index contributed by atoms with van der Waals surface area (Å²) in [5.74, 6) is 0.595. The fourth-order valence-corrected chi connectivity index (χ4v) is 3.88. The highest BCUT2D eigenvalue weighted by Crippen LogP contribution is 2.35. The largest absolute Gasteiger partial charge is 0.399 e. The molecule has 0 aliphatic heterocycles. The normalized spacial score (nSPS) is 15.4. The number of hydrogen-bond donors (Lipinski definition) is 2. The smallest absolute Gasteiger partial charge is 0.257 e. The lowest BCUT2D eigenvalue weighted by atomic mass is 9.88. The number of nitrogens with zero attached hydrogens (tertiary/aromatic N) is 2. The van der Waals surface area contributed by atoms with Gasteiger partial charge in [0.15, 0.2) is 0 Å². The molecule has 1 amide bonds. The summed E-state index contributed by atoms with van der Waals surface area (Å²) in [6.07, 6.45) is 5.04. The molecule has 1 aliphatic carbocycles. The van der Waals surface area contributed by atoms with E-state index in [-0.39, 0.29) is 24.4 Å². The first kappa shape index (κ1) is 20.0. The van der Waals surface area contributed by atoms with Gasteiger partial charge in [0.25, 0.3) is 5.91 Å². The predicted molar refractivity (Wildman–Crippen MR) is 115 cm³/mol. The molecular formula is C22H25ClN4O. The Bertz CT molecular complexity index is 1010. The summed E-state index contributed by atoms with van der Waals surface area (Å²) in [5, 5.41) is 7.68. The minimum Gasteiger partial charge on any atom is -0.399 e. The number of nitrogen functional groups attached to an aromatic ring is 1. The molecule has 146 valence electrons. The van der Waals surface area contributed by atoms with Crippen molar-refractivity contribution in [3.8, 4) is 0 Å². The summed E-state index contributed by atoms with van der Waals surface area (Å²) < 4.78 is 1.97. The fourth-order valence-electron chi connectivity index (χ4n) is 3.88. The van der Waals surface area contributed by atoms with E-state index in [1.165, 1.54) is 11.1 Å². The second-order valence-electron chi connectivity index (χ2n) is 7.26. The second kappa shape index (κ2) is 8.07. The third kappa shape index (κ3) is 3.62. The molecule has 4 rings (SSSR count). The molecule has 0 saturated heterocycles. The van der Waals surface area contributed by atoms with Crippen LogP contribution in [-0.4, -0.2) is 15.7 Å². The highest BCUT2D eigenvalue weighted by atomic mass is 35.5. The van der Waals surface area contributed by atoms with Crippen LogP contribution in [-0.2, 0) is 6.42 Å². The van der Waals surface area contributed by atoms with E-state index in [2.05, 4.69) is 34.7 Å². The maximum absolute atomic E-state index is 12.9. The maximum atomic E-state index is 12.9. The molecule has 1 aromatic heterocycles. The van der Waals surface area contributed by atoms with Gasteiger partial charge in [0.1, 0.15) is 5.82 Å². The van der Waals surface area contributed by atoms with Crippen molar-refractivity contribution in [1.29, 1.82) is 0 Å². The maximum Gasteiger partial charge on any atom is 0.257 e. The van der Waals surface area contributed by atoms with Crippen LogP contribution in [0.4, 0.5) is 11.5 Å². The minimum atomic E-state index is -0.159. The number of aromatic nitrogens is 2. The quantitative estimate of drug-likeness (QED) is 0.631. The lowest BCUT2D eigenvalue weighted by Gasteiger charge is -2.27. The first-order valence-electron chi connectivity index (χ1n) is 9.34. The number of benzene rings is 2. The zero-order valence-electron chi connectivity index (χ0n) is 16.1. The molecule has 1 aliphatic rings. The number of carbonyl (C=O) groups excluding carboxylic acids is 1. The summed E-state index contributed by atoms with van der Waals surface area (Å²) >= 11 is 0. The van der Waals surface area contributed by atoms with Gasteiger partial charge in [0.05, 0.1) is 12.2 Å². The molecule has 0 bridgehead atoms. The molecule has 5 nitrogen and oxygen atoms in total. The summed E-state index contributed by atoms with van der Waals surface area (Å²) in [6, 6.07) is 14.0. The molecule has 3 N–H and O–H groups in total. The van der Waals surface area contributed by atoms with Crippen LogP contribution >= 0.6 is 12.4 Å². The van der Waals surface area contributed by atoms with Crippen molar-refractivity contribution in [2.75, 3.05) is 11.1 Å². The predicted octanol–water partition coefficient (Wildman–Crippen LogP) is 4.68. The van der Waals surface area contributed by atoms with Gasteiger partial charge in [-0.25, -0.2) is 4.68 Å². The summed E-state index contributed by atoms with van der Waals surface area (Å²) in [6.45, 7) is 3.88. The highest BCUT2D eigenvalue weighted by molar-refractivity contribution is 6.05. The van der Waals surface area contributed by atoms with Crippen LogP contribution in [0.25, 0.3) is 0 Å². The van der Waals surface area contributed by atoms with E-state index in [1.54, 1.807) is 12.1 Å². The summed E-state index contributed by atoms with van der Waals surface area (Å²) in [5.41, 5.74) is 11.5. The first-order chi connectivity index (χ1) is 13.0. The Morgan fingerprint density at radius 2 is 1.96 bits per heavy atom. The molecule has 1 atom stereocenters. The molecule has 28 heavy (non-hydrogen) atoms. The van der Waals surface area contributed by atoms with Gasteiger partial charge >= 0.3 is 0 Å². The number of anilines is 2. The highest BCUT2D eigenvalue weighted by Gasteiger charge is 2.25. The average molecular weight is 397 g/mol. The van der Waals surface area contributed by atoms with E-state index < -0.39 is 0 Å². The average Bonchev–Trinajstić information content (AvgIpc) is 3.03. The molecular weight excluding hydrogens is 372 g/mol. The zero-order valence-corrected chi connectivity index (χ0v) is 16.9. The number of rotatable bonds is 3. The Kier molecular flexibility index (Phi) is 5.75. The molecule has 1 unspecified atom stereocenters. The molecule has 0 fully saturated rings. The number of aryl methyl sites for hydroxylation is 3. The van der Waals surface area contributed by atoms with Gasteiger partial charge in [0, 0.05) is 16.8 Å². The Labute approximate surface area is 171 Å². The van der Waals surface area contributed by atoms with Crippen molar-refractivity contribution in [2.45, 2.75) is 39.2 Å². The SMILES string of the molecule is Cc1ccc(N)cc1C(=O)Nc1c(C)cnn1C1CCCc2ccccc21.Cl. The van der Waals surface area contributed by atoms with Crippen molar-refractivity contribution in [1.82, 2.24) is 9.78 Å². The second-order valence-corrected chi connectivity index (χ2v) is 7.26. The summed E-state index contributed by atoms with van der Waals surface area (Å²) in [7, 11) is 0. The van der Waals surface area contributed by atoms with E-state index in [1.807, 2.05) is 30.8 Å². The van der Waals surface area contributed by atoms with Crippen LogP contribution in [0.2, 0.25) is 0 Å². The van der Waals surface area contributed by atoms with Gasteiger partial charge in [0.2, 0.25) is 0 Å². The minimum absolute atomic E-state index is 0. The third-order valence-corrected chi connectivity index (χ3v) is 5.35. The third-order valence-electron chi connectivity index (χ3n) is 5.35. The van der Waals surface area contributed by atoms with Crippen LogP contribution in [0.1, 0.15) is 51.5 Å². The number of carbonyl (C=O) groups is 1. The van der Waals surface area contributed by atoms with Crippen LogP contribution in [0.5, 0.6) is 0 Å². The molecule has 0 radical (unpaired) electrons. The molecule has 0 saturated carbocycles. The Hall–Kier alpha value is -2.79. The monoisotopic (exact) mass is 396 g/mol. The lowest BCUT2D eigenvalue weighted by Crippen LogP contribution is -2.23. The van der Waals surface area contributed by atoms with Crippen molar-refractivity contribution >= 4 is 29.8 Å². The van der Waals surface area contributed by atoms with Gasteiger partial charge in [-0.05, 0) is 61.9 Å². The van der Waals surface area contributed by atoms with E-state index in [0.29, 0.717) is 11.3 Å². The molecule has 2 aromatic carbocycles. The van der Waals surface area contributed by atoms with Crippen molar-refractivity contribution < 1.29 is 4.79 Å². The van der Waals surface area contributed by atoms with Crippen molar-refractivity contribution in [2.24, 2.45) is 0 Å². The number of hydrogen-bond acceptors (Lipinski definition) is 3. The van der Waals surface area contributed by atoms with Crippen LogP contribution in [0, 0.1) is 13.8 Å².